The Morgan fingerprint density at radius 1 is 1.67 bits per heavy atom. The monoisotopic (exact) mass is 268 g/mol. The topological polar surface area (TPSA) is 89.3 Å². The number of amides is 1. The van der Waals surface area contributed by atoms with Crippen molar-refractivity contribution in [1.29, 1.82) is 0 Å². The Morgan fingerprint density at radius 3 is 2.67 bits per heavy atom. The van der Waals surface area contributed by atoms with Gasteiger partial charge in [0, 0.05) is 0 Å². The van der Waals surface area contributed by atoms with Crippen LogP contribution in [-0.4, -0.2) is 20.9 Å². The predicted octanol–water partition coefficient (Wildman–Crippen LogP) is 0.474. The lowest BCUT2D eigenvalue weighted by Gasteiger charge is -2.00. The molecule has 3 N–H and O–H groups in total. The van der Waals surface area contributed by atoms with E-state index in [4.69, 9.17) is 17.3 Å². The smallest absolute Gasteiger partial charge is 0.250 e. The number of carbonyl (C=O) groups is 1. The molecule has 0 unspecified atom stereocenters. The maximum atomic E-state index is 11.5. The van der Waals surface area contributed by atoms with Gasteiger partial charge in [0.15, 0.2) is 0 Å². The second kappa shape index (κ2) is 4.48. The van der Waals surface area contributed by atoms with Crippen molar-refractivity contribution in [1.82, 2.24) is 4.72 Å². The third-order valence-electron chi connectivity index (χ3n) is 1.54. The van der Waals surface area contributed by atoms with Crippen LogP contribution in [0.15, 0.2) is 10.3 Å². The molecule has 0 fully saturated rings. The van der Waals surface area contributed by atoms with E-state index in [-0.39, 0.29) is 4.21 Å². The predicted molar refractivity (Wildman–Crippen MR) is 58.4 cm³/mol. The first kappa shape index (κ1) is 12.4. The maximum absolute atomic E-state index is 11.5. The van der Waals surface area contributed by atoms with E-state index in [9.17, 15) is 13.2 Å². The van der Waals surface area contributed by atoms with E-state index in [2.05, 4.69) is 4.72 Å². The number of thiophene rings is 1. The minimum absolute atomic E-state index is 0.0752. The van der Waals surface area contributed by atoms with E-state index in [1.165, 1.54) is 6.07 Å². The summed E-state index contributed by atoms with van der Waals surface area (Å²) in [6, 6.07) is 1.44. The highest BCUT2D eigenvalue weighted by atomic mass is 35.5. The van der Waals surface area contributed by atoms with E-state index in [0.29, 0.717) is 9.90 Å². The van der Waals surface area contributed by atoms with E-state index < -0.39 is 22.5 Å². The van der Waals surface area contributed by atoms with Gasteiger partial charge >= 0.3 is 0 Å². The highest BCUT2D eigenvalue weighted by Gasteiger charge is 2.18. The molecule has 15 heavy (non-hydrogen) atoms. The Bertz CT molecular complexity index is 461. The van der Waals surface area contributed by atoms with Crippen LogP contribution in [0.1, 0.15) is 5.56 Å². The number of carbonyl (C=O) groups excluding carboxylic acids is 1. The van der Waals surface area contributed by atoms with Gasteiger partial charge in [-0.3, -0.25) is 4.79 Å². The average molecular weight is 269 g/mol. The van der Waals surface area contributed by atoms with Crippen LogP contribution in [-0.2, 0) is 14.8 Å². The van der Waals surface area contributed by atoms with Crippen LogP contribution in [0.4, 0.5) is 0 Å². The van der Waals surface area contributed by atoms with Gasteiger partial charge in [0.2, 0.25) is 5.91 Å². The molecule has 0 aliphatic carbocycles. The molecule has 0 aliphatic rings. The van der Waals surface area contributed by atoms with Crippen molar-refractivity contribution >= 4 is 38.9 Å². The number of sulfonamides is 1. The number of hydrogen-bond donors (Lipinski definition) is 2. The van der Waals surface area contributed by atoms with Gasteiger partial charge in [-0.1, -0.05) is 11.6 Å². The first-order chi connectivity index (χ1) is 6.83. The minimum atomic E-state index is -3.67. The number of halogens is 1. The second-order valence-electron chi connectivity index (χ2n) is 2.81. The normalized spacial score (nSPS) is 11.6. The van der Waals surface area contributed by atoms with Crippen molar-refractivity contribution in [3.8, 4) is 0 Å². The number of rotatable bonds is 4. The molecule has 0 saturated heterocycles. The van der Waals surface area contributed by atoms with E-state index in [1.54, 1.807) is 6.92 Å². The SMILES string of the molecule is Cc1cc(S(=O)(=O)NCC(N)=O)sc1Cl. The van der Waals surface area contributed by atoms with Gasteiger partial charge in [0.05, 0.1) is 10.9 Å². The van der Waals surface area contributed by atoms with Gasteiger partial charge in [-0.05, 0) is 18.6 Å². The lowest BCUT2D eigenvalue weighted by Crippen LogP contribution is -2.32. The zero-order valence-corrected chi connectivity index (χ0v) is 10.2. The summed E-state index contributed by atoms with van der Waals surface area (Å²) in [5.41, 5.74) is 5.51. The van der Waals surface area contributed by atoms with Crippen molar-refractivity contribution in [2.24, 2.45) is 5.73 Å². The summed E-state index contributed by atoms with van der Waals surface area (Å²) in [7, 11) is -3.67. The molecule has 0 aliphatic heterocycles. The molecule has 1 aromatic heterocycles. The van der Waals surface area contributed by atoms with Gasteiger partial charge in [-0.2, -0.15) is 0 Å². The third kappa shape index (κ3) is 3.16. The molecule has 0 bridgehead atoms. The molecule has 8 heteroatoms. The zero-order valence-electron chi connectivity index (χ0n) is 7.78. The molecule has 1 rings (SSSR count). The Kier molecular flexibility index (Phi) is 3.72. The van der Waals surface area contributed by atoms with Crippen LogP contribution in [0.2, 0.25) is 4.34 Å². The summed E-state index contributed by atoms with van der Waals surface area (Å²) in [5, 5.41) is 0. The molecule has 0 aromatic carbocycles. The number of primary amides is 1. The highest BCUT2D eigenvalue weighted by molar-refractivity contribution is 7.91. The maximum Gasteiger partial charge on any atom is 0.250 e. The summed E-state index contributed by atoms with van der Waals surface area (Å²) < 4.78 is 25.6. The Hall–Kier alpha value is -0.630. The lowest BCUT2D eigenvalue weighted by molar-refractivity contribution is -0.116. The molecule has 1 aromatic rings. The molecule has 0 atom stereocenters. The van der Waals surface area contributed by atoms with Gasteiger partial charge in [-0.25, -0.2) is 13.1 Å². The minimum Gasteiger partial charge on any atom is -0.369 e. The number of aryl methyl sites for hydroxylation is 1. The van der Waals surface area contributed by atoms with E-state index >= 15 is 0 Å². The van der Waals surface area contributed by atoms with Gasteiger partial charge in [0.1, 0.15) is 4.21 Å². The largest absolute Gasteiger partial charge is 0.369 e. The summed E-state index contributed by atoms with van der Waals surface area (Å²) >= 11 is 6.67. The quantitative estimate of drug-likeness (QED) is 0.832. The van der Waals surface area contributed by atoms with Gasteiger partial charge < -0.3 is 5.73 Å². The summed E-state index contributed by atoms with van der Waals surface area (Å²) in [5.74, 6) is -0.738. The molecular weight excluding hydrogens is 260 g/mol. The molecular formula is C7H9ClN2O3S2. The summed E-state index contributed by atoms with van der Waals surface area (Å²) in [4.78, 5) is 10.4. The molecule has 0 saturated carbocycles. The Balaban J connectivity index is 2.91. The molecule has 0 radical (unpaired) electrons. The molecule has 0 spiro atoms. The Labute approximate surface area is 96.3 Å². The number of hydrogen-bond acceptors (Lipinski definition) is 4. The highest BCUT2D eigenvalue weighted by Crippen LogP contribution is 2.29. The number of nitrogens with one attached hydrogen (secondary N) is 1. The van der Waals surface area contributed by atoms with Crippen LogP contribution in [0, 0.1) is 6.92 Å². The standard InChI is InChI=1S/C7H9ClN2O3S2/c1-4-2-6(14-7(4)8)15(12,13)10-3-5(9)11/h2,10H,3H2,1H3,(H2,9,11). The fourth-order valence-electron chi connectivity index (χ4n) is 0.801. The van der Waals surface area contributed by atoms with Crippen LogP contribution in [0.25, 0.3) is 0 Å². The second-order valence-corrected chi connectivity index (χ2v) is 6.46. The van der Waals surface area contributed by atoms with Crippen LogP contribution >= 0.6 is 22.9 Å². The van der Waals surface area contributed by atoms with Crippen molar-refractivity contribution in [3.05, 3.63) is 16.0 Å². The van der Waals surface area contributed by atoms with Crippen LogP contribution < -0.4 is 10.5 Å². The van der Waals surface area contributed by atoms with E-state index in [0.717, 1.165) is 11.3 Å². The molecule has 5 nitrogen and oxygen atoms in total. The van der Waals surface area contributed by atoms with Crippen LogP contribution in [0.3, 0.4) is 0 Å². The van der Waals surface area contributed by atoms with Crippen LogP contribution in [0.5, 0.6) is 0 Å². The van der Waals surface area contributed by atoms with E-state index in [1.807, 2.05) is 0 Å². The third-order valence-corrected chi connectivity index (χ3v) is 4.97. The van der Waals surface area contributed by atoms with Gasteiger partial charge in [-0.15, -0.1) is 11.3 Å². The first-order valence-corrected chi connectivity index (χ1v) is 6.54. The zero-order chi connectivity index (χ0) is 11.6. The van der Waals surface area contributed by atoms with Crippen molar-refractivity contribution < 1.29 is 13.2 Å². The summed E-state index contributed by atoms with van der Waals surface area (Å²) in [6.45, 7) is 1.28. The molecule has 1 heterocycles. The fourth-order valence-corrected chi connectivity index (χ4v) is 3.55. The Morgan fingerprint density at radius 2 is 2.27 bits per heavy atom. The fraction of sp³-hybridized carbons (Fsp3) is 0.286. The lowest BCUT2D eigenvalue weighted by atomic mass is 10.4. The van der Waals surface area contributed by atoms with Gasteiger partial charge in [0.25, 0.3) is 10.0 Å². The van der Waals surface area contributed by atoms with Crippen molar-refractivity contribution in [2.75, 3.05) is 6.54 Å². The van der Waals surface area contributed by atoms with Crippen molar-refractivity contribution in [3.63, 3.8) is 0 Å². The molecule has 84 valence electrons. The first-order valence-electron chi connectivity index (χ1n) is 3.87. The van der Waals surface area contributed by atoms with Crippen molar-refractivity contribution in [2.45, 2.75) is 11.1 Å². The molecule has 1 amide bonds. The average Bonchev–Trinajstić information content (AvgIpc) is 2.45. The number of nitrogens with two attached hydrogens (primary N) is 1. The summed E-state index contributed by atoms with van der Waals surface area (Å²) in [6.07, 6.45) is 0.